The number of halogens is 3. The number of aromatic nitrogens is 3. The van der Waals surface area contributed by atoms with E-state index < -0.39 is 11.9 Å². The summed E-state index contributed by atoms with van der Waals surface area (Å²) >= 11 is 0. The highest BCUT2D eigenvalue weighted by Gasteiger charge is 2.32. The fourth-order valence-electron chi connectivity index (χ4n) is 1.39. The Kier molecular flexibility index (Phi) is 3.64. The molecule has 0 fully saturated rings. The molecule has 2 heterocycles. The van der Waals surface area contributed by atoms with Gasteiger partial charge >= 0.3 is 6.18 Å². The summed E-state index contributed by atoms with van der Waals surface area (Å²) in [5, 5.41) is 2.73. The number of hydrogen-bond donors (Lipinski definition) is 1. The summed E-state index contributed by atoms with van der Waals surface area (Å²) in [7, 11) is 0. The summed E-state index contributed by atoms with van der Waals surface area (Å²) < 4.78 is 37.3. The second-order valence-corrected chi connectivity index (χ2v) is 3.92. The molecular weight excluding hydrogens is 257 g/mol. The van der Waals surface area contributed by atoms with Gasteiger partial charge in [0, 0.05) is 24.6 Å². The number of aryl methyl sites for hydroxylation is 1. The third-order valence-electron chi connectivity index (χ3n) is 2.37. The molecule has 0 unspecified atom stereocenters. The van der Waals surface area contributed by atoms with E-state index in [9.17, 15) is 13.2 Å². The molecule has 0 saturated heterocycles. The molecular formula is C12H11F3N4. The van der Waals surface area contributed by atoms with Crippen LogP contribution >= 0.6 is 0 Å². The first-order chi connectivity index (χ1) is 8.95. The van der Waals surface area contributed by atoms with E-state index in [2.05, 4.69) is 20.3 Å². The highest BCUT2D eigenvalue weighted by molar-refractivity contribution is 5.28. The maximum atomic E-state index is 12.4. The van der Waals surface area contributed by atoms with E-state index in [4.69, 9.17) is 0 Å². The summed E-state index contributed by atoms with van der Waals surface area (Å²) in [6.07, 6.45) is -1.74. The molecule has 1 N–H and O–H groups in total. The standard InChI is InChI=1S/C12H11F3N4/c1-8-2-3-9(6-17-8)7-18-11-16-5-4-10(19-11)12(13,14)15/h2-6H,7H2,1H3,(H,16,18,19). The van der Waals surface area contributed by atoms with Crippen LogP contribution in [0.2, 0.25) is 0 Å². The third kappa shape index (κ3) is 3.64. The first kappa shape index (κ1) is 13.3. The number of alkyl halides is 3. The third-order valence-corrected chi connectivity index (χ3v) is 2.37. The van der Waals surface area contributed by atoms with Crippen molar-refractivity contribution >= 4 is 5.95 Å². The van der Waals surface area contributed by atoms with Crippen molar-refractivity contribution in [3.8, 4) is 0 Å². The van der Waals surface area contributed by atoms with Gasteiger partial charge in [0.25, 0.3) is 0 Å². The molecule has 0 amide bonds. The van der Waals surface area contributed by atoms with E-state index >= 15 is 0 Å². The van der Waals surface area contributed by atoms with Crippen molar-refractivity contribution in [3.63, 3.8) is 0 Å². The van der Waals surface area contributed by atoms with Crippen molar-refractivity contribution in [1.82, 2.24) is 15.0 Å². The zero-order valence-electron chi connectivity index (χ0n) is 10.1. The normalized spacial score (nSPS) is 11.4. The number of anilines is 1. The van der Waals surface area contributed by atoms with Gasteiger partial charge in [-0.15, -0.1) is 0 Å². The fourth-order valence-corrected chi connectivity index (χ4v) is 1.39. The first-order valence-corrected chi connectivity index (χ1v) is 5.51. The Hall–Kier alpha value is -2.18. The average molecular weight is 268 g/mol. The molecule has 0 atom stereocenters. The molecule has 4 nitrogen and oxygen atoms in total. The van der Waals surface area contributed by atoms with Crippen LogP contribution in [0.5, 0.6) is 0 Å². The van der Waals surface area contributed by atoms with Crippen LogP contribution in [0.25, 0.3) is 0 Å². The Balaban J connectivity index is 2.05. The van der Waals surface area contributed by atoms with Crippen LogP contribution in [0.3, 0.4) is 0 Å². The number of rotatable bonds is 3. The molecule has 2 rings (SSSR count). The quantitative estimate of drug-likeness (QED) is 0.930. The van der Waals surface area contributed by atoms with Crippen LogP contribution in [-0.2, 0) is 12.7 Å². The molecule has 0 aliphatic heterocycles. The van der Waals surface area contributed by atoms with Gasteiger partial charge in [-0.05, 0) is 24.6 Å². The lowest BCUT2D eigenvalue weighted by Gasteiger charge is -2.08. The molecule has 0 aliphatic rings. The minimum absolute atomic E-state index is 0.0598. The van der Waals surface area contributed by atoms with E-state index in [1.165, 1.54) is 0 Å². The molecule has 0 saturated carbocycles. The topological polar surface area (TPSA) is 50.7 Å². The van der Waals surface area contributed by atoms with Gasteiger partial charge in [-0.2, -0.15) is 13.2 Å². The van der Waals surface area contributed by atoms with Gasteiger partial charge < -0.3 is 5.32 Å². The highest BCUT2D eigenvalue weighted by Crippen LogP contribution is 2.27. The van der Waals surface area contributed by atoms with Crippen molar-refractivity contribution < 1.29 is 13.2 Å². The highest BCUT2D eigenvalue weighted by atomic mass is 19.4. The maximum Gasteiger partial charge on any atom is 0.433 e. The number of nitrogens with one attached hydrogen (secondary N) is 1. The minimum Gasteiger partial charge on any atom is -0.350 e. The molecule has 100 valence electrons. The van der Waals surface area contributed by atoms with Crippen LogP contribution in [0.15, 0.2) is 30.6 Å². The predicted octanol–water partition coefficient (Wildman–Crippen LogP) is 2.81. The Labute approximate surface area is 107 Å². The SMILES string of the molecule is Cc1ccc(CNc2nccc(C(F)(F)F)n2)cn1. The van der Waals surface area contributed by atoms with E-state index in [1.54, 1.807) is 6.20 Å². The van der Waals surface area contributed by atoms with Gasteiger partial charge in [0.15, 0.2) is 0 Å². The smallest absolute Gasteiger partial charge is 0.350 e. The van der Waals surface area contributed by atoms with Gasteiger partial charge in [-0.1, -0.05) is 6.07 Å². The Morgan fingerprint density at radius 1 is 1.16 bits per heavy atom. The number of pyridine rings is 1. The molecule has 0 aromatic carbocycles. The van der Waals surface area contributed by atoms with Gasteiger partial charge in [-0.3, -0.25) is 4.98 Å². The lowest BCUT2D eigenvalue weighted by atomic mass is 10.2. The zero-order valence-corrected chi connectivity index (χ0v) is 10.1. The summed E-state index contributed by atoms with van der Waals surface area (Å²) in [5.41, 5.74) is 0.748. The summed E-state index contributed by atoms with van der Waals surface area (Å²) in [6.45, 7) is 2.17. The summed E-state index contributed by atoms with van der Waals surface area (Å²) in [4.78, 5) is 11.2. The van der Waals surface area contributed by atoms with E-state index in [-0.39, 0.29) is 5.95 Å². The molecule has 7 heteroatoms. The number of hydrogen-bond acceptors (Lipinski definition) is 4. The van der Waals surface area contributed by atoms with Crippen LogP contribution < -0.4 is 5.32 Å². The molecule has 0 radical (unpaired) electrons. The predicted molar refractivity (Wildman–Crippen MR) is 63.3 cm³/mol. The van der Waals surface area contributed by atoms with Crippen LogP contribution in [0.4, 0.5) is 19.1 Å². The molecule has 2 aromatic rings. The molecule has 19 heavy (non-hydrogen) atoms. The van der Waals surface area contributed by atoms with Gasteiger partial charge in [0.1, 0.15) is 5.69 Å². The van der Waals surface area contributed by atoms with Gasteiger partial charge in [0.2, 0.25) is 5.95 Å². The molecule has 2 aromatic heterocycles. The van der Waals surface area contributed by atoms with Crippen LogP contribution in [0.1, 0.15) is 17.0 Å². The van der Waals surface area contributed by atoms with Gasteiger partial charge in [-0.25, -0.2) is 9.97 Å². The van der Waals surface area contributed by atoms with Gasteiger partial charge in [0.05, 0.1) is 0 Å². The number of nitrogens with zero attached hydrogens (tertiary/aromatic N) is 3. The molecule has 0 aliphatic carbocycles. The first-order valence-electron chi connectivity index (χ1n) is 5.51. The van der Waals surface area contributed by atoms with Crippen LogP contribution in [0, 0.1) is 6.92 Å². The summed E-state index contributed by atoms with van der Waals surface area (Å²) in [6, 6.07) is 4.49. The molecule has 0 spiro atoms. The Bertz CT molecular complexity index is 552. The second kappa shape index (κ2) is 5.21. The zero-order chi connectivity index (χ0) is 13.9. The van der Waals surface area contributed by atoms with Crippen LogP contribution in [-0.4, -0.2) is 15.0 Å². The second-order valence-electron chi connectivity index (χ2n) is 3.92. The minimum atomic E-state index is -4.47. The lowest BCUT2D eigenvalue weighted by molar-refractivity contribution is -0.141. The lowest BCUT2D eigenvalue weighted by Crippen LogP contribution is -2.11. The van der Waals surface area contributed by atoms with Crippen molar-refractivity contribution in [2.45, 2.75) is 19.6 Å². The maximum absolute atomic E-state index is 12.4. The largest absolute Gasteiger partial charge is 0.433 e. The van der Waals surface area contributed by atoms with Crippen molar-refractivity contribution in [1.29, 1.82) is 0 Å². The Morgan fingerprint density at radius 2 is 1.95 bits per heavy atom. The summed E-state index contributed by atoms with van der Waals surface area (Å²) in [5.74, 6) is -0.0598. The molecule has 0 bridgehead atoms. The van der Waals surface area contributed by atoms with E-state index in [0.717, 1.165) is 23.5 Å². The average Bonchev–Trinajstić information content (AvgIpc) is 2.37. The van der Waals surface area contributed by atoms with Crippen molar-refractivity contribution in [3.05, 3.63) is 47.5 Å². The van der Waals surface area contributed by atoms with E-state index in [0.29, 0.717) is 6.54 Å². The monoisotopic (exact) mass is 268 g/mol. The van der Waals surface area contributed by atoms with E-state index in [1.807, 2.05) is 19.1 Å². The van der Waals surface area contributed by atoms with Crippen molar-refractivity contribution in [2.75, 3.05) is 5.32 Å². The fraction of sp³-hybridized carbons (Fsp3) is 0.250. The van der Waals surface area contributed by atoms with Crippen molar-refractivity contribution in [2.24, 2.45) is 0 Å². The Morgan fingerprint density at radius 3 is 2.58 bits per heavy atom.